The average Bonchev–Trinajstić information content (AvgIpc) is 3.04. The zero-order chi connectivity index (χ0) is 16.9. The van der Waals surface area contributed by atoms with Gasteiger partial charge < -0.3 is 5.32 Å². The van der Waals surface area contributed by atoms with Gasteiger partial charge in [-0.15, -0.1) is 5.10 Å². The van der Waals surface area contributed by atoms with E-state index in [1.54, 1.807) is 36.4 Å². The highest BCUT2D eigenvalue weighted by molar-refractivity contribution is 7.99. The maximum Gasteiger partial charge on any atom is 0.234 e. The lowest BCUT2D eigenvalue weighted by Crippen LogP contribution is -2.14. The van der Waals surface area contributed by atoms with Gasteiger partial charge in [0.2, 0.25) is 11.1 Å². The van der Waals surface area contributed by atoms with Gasteiger partial charge in [-0.2, -0.15) is 4.68 Å². The van der Waals surface area contributed by atoms with Gasteiger partial charge in [0, 0.05) is 0 Å². The zero-order valence-corrected chi connectivity index (χ0v) is 13.8. The highest BCUT2D eigenvalue weighted by Crippen LogP contribution is 2.22. The van der Waals surface area contributed by atoms with Crippen molar-refractivity contribution in [1.82, 2.24) is 20.2 Å². The molecule has 0 aliphatic heterocycles. The number of carbonyl (C=O) groups is 1. The molecular weight excluding hydrogens is 353 g/mol. The average molecular weight is 364 g/mol. The van der Waals surface area contributed by atoms with Crippen LogP contribution in [0.25, 0.3) is 5.69 Å². The van der Waals surface area contributed by atoms with Crippen molar-refractivity contribution < 1.29 is 9.18 Å². The molecule has 0 unspecified atom stereocenters. The molecule has 0 fully saturated rings. The second-order valence-corrected chi connectivity index (χ2v) is 6.02. The van der Waals surface area contributed by atoms with Crippen molar-refractivity contribution in [3.05, 3.63) is 59.4 Å². The molecule has 0 saturated heterocycles. The topological polar surface area (TPSA) is 72.7 Å². The van der Waals surface area contributed by atoms with Crippen molar-refractivity contribution in [2.24, 2.45) is 0 Å². The van der Waals surface area contributed by atoms with Crippen LogP contribution in [0.2, 0.25) is 5.02 Å². The summed E-state index contributed by atoms with van der Waals surface area (Å²) in [6.07, 6.45) is 0. The first-order valence-corrected chi connectivity index (χ1v) is 8.21. The Balaban J connectivity index is 1.65. The number of carbonyl (C=O) groups excluding carboxylic acids is 1. The van der Waals surface area contributed by atoms with Crippen LogP contribution in [0.4, 0.5) is 10.1 Å². The van der Waals surface area contributed by atoms with Crippen molar-refractivity contribution >= 4 is 35.0 Å². The number of benzene rings is 2. The molecule has 9 heteroatoms. The molecule has 1 N–H and O–H groups in total. The smallest absolute Gasteiger partial charge is 0.234 e. The number of nitrogens with one attached hydrogen (secondary N) is 1. The number of para-hydroxylation sites is 1. The second kappa shape index (κ2) is 7.41. The van der Waals surface area contributed by atoms with Gasteiger partial charge >= 0.3 is 0 Å². The van der Waals surface area contributed by atoms with E-state index in [1.165, 1.54) is 16.8 Å². The van der Waals surface area contributed by atoms with E-state index in [0.717, 1.165) is 11.8 Å². The van der Waals surface area contributed by atoms with Crippen LogP contribution in [0.5, 0.6) is 0 Å². The third-order valence-electron chi connectivity index (χ3n) is 2.99. The number of anilines is 1. The Morgan fingerprint density at radius 1 is 1.21 bits per heavy atom. The number of aromatic nitrogens is 4. The monoisotopic (exact) mass is 363 g/mol. The Labute approximate surface area is 146 Å². The number of thioether (sulfide) groups is 1. The Morgan fingerprint density at radius 2 is 1.96 bits per heavy atom. The van der Waals surface area contributed by atoms with Crippen molar-refractivity contribution in [3.63, 3.8) is 0 Å². The quantitative estimate of drug-likeness (QED) is 0.705. The van der Waals surface area contributed by atoms with Crippen molar-refractivity contribution in [2.45, 2.75) is 5.16 Å². The summed E-state index contributed by atoms with van der Waals surface area (Å²) >= 11 is 7.16. The molecule has 3 aromatic rings. The minimum absolute atomic E-state index is 0.104. The summed E-state index contributed by atoms with van der Waals surface area (Å²) in [5.41, 5.74) is 1.15. The lowest BCUT2D eigenvalue weighted by Gasteiger charge is -2.07. The first-order chi connectivity index (χ1) is 11.6. The van der Waals surface area contributed by atoms with Gasteiger partial charge in [-0.3, -0.25) is 4.79 Å². The standard InChI is InChI=1S/C15H11ClFN5OS/c16-12-3-1-2-4-13(12)18-14(23)9-24-15-19-20-21-22(15)11-7-5-10(17)6-8-11/h1-8H,9H2,(H,18,23). The number of hydrogen-bond acceptors (Lipinski definition) is 5. The molecule has 24 heavy (non-hydrogen) atoms. The molecule has 122 valence electrons. The van der Waals surface area contributed by atoms with Crippen LogP contribution in [-0.2, 0) is 4.79 Å². The van der Waals surface area contributed by atoms with E-state index in [1.807, 2.05) is 0 Å². The number of nitrogens with zero attached hydrogens (tertiary/aromatic N) is 4. The van der Waals surface area contributed by atoms with Gasteiger partial charge in [0.15, 0.2) is 0 Å². The van der Waals surface area contributed by atoms with Crippen LogP contribution in [0.3, 0.4) is 0 Å². The molecule has 0 aliphatic carbocycles. The van der Waals surface area contributed by atoms with Crippen LogP contribution in [-0.4, -0.2) is 31.9 Å². The minimum Gasteiger partial charge on any atom is -0.324 e. The molecule has 1 aromatic heterocycles. The molecule has 6 nitrogen and oxygen atoms in total. The molecule has 1 heterocycles. The third-order valence-corrected chi connectivity index (χ3v) is 4.24. The van der Waals surface area contributed by atoms with Gasteiger partial charge in [0.05, 0.1) is 22.2 Å². The first-order valence-electron chi connectivity index (χ1n) is 6.85. The van der Waals surface area contributed by atoms with Crippen LogP contribution >= 0.6 is 23.4 Å². The van der Waals surface area contributed by atoms with Crippen molar-refractivity contribution in [3.8, 4) is 5.69 Å². The molecule has 0 spiro atoms. The van der Waals surface area contributed by atoms with Gasteiger partial charge in [-0.05, 0) is 46.8 Å². The molecule has 1 amide bonds. The second-order valence-electron chi connectivity index (χ2n) is 4.67. The predicted molar refractivity (Wildman–Crippen MR) is 89.9 cm³/mol. The van der Waals surface area contributed by atoms with Crippen LogP contribution in [0, 0.1) is 5.82 Å². The molecular formula is C15H11ClFN5OS. The van der Waals surface area contributed by atoms with Crippen LogP contribution in [0.15, 0.2) is 53.7 Å². The highest BCUT2D eigenvalue weighted by Gasteiger charge is 2.12. The Hall–Kier alpha value is -2.45. The molecule has 2 aromatic carbocycles. The minimum atomic E-state index is -0.347. The fourth-order valence-electron chi connectivity index (χ4n) is 1.89. The van der Waals surface area contributed by atoms with E-state index in [0.29, 0.717) is 21.6 Å². The van der Waals surface area contributed by atoms with E-state index in [4.69, 9.17) is 11.6 Å². The van der Waals surface area contributed by atoms with E-state index < -0.39 is 0 Å². The summed E-state index contributed by atoms with van der Waals surface area (Å²) in [4.78, 5) is 12.0. The van der Waals surface area contributed by atoms with E-state index in [2.05, 4.69) is 20.8 Å². The molecule has 0 radical (unpaired) electrons. The lowest BCUT2D eigenvalue weighted by molar-refractivity contribution is -0.113. The van der Waals surface area contributed by atoms with Crippen molar-refractivity contribution in [2.75, 3.05) is 11.1 Å². The highest BCUT2D eigenvalue weighted by atomic mass is 35.5. The normalized spacial score (nSPS) is 10.6. The number of halogens is 2. The summed E-state index contributed by atoms with van der Waals surface area (Å²) in [7, 11) is 0. The lowest BCUT2D eigenvalue weighted by atomic mass is 10.3. The van der Waals surface area contributed by atoms with Gasteiger partial charge in [-0.25, -0.2) is 4.39 Å². The summed E-state index contributed by atoms with van der Waals surface area (Å²) in [5, 5.41) is 14.9. The number of tetrazole rings is 1. The maximum atomic E-state index is 13.0. The molecule has 0 saturated carbocycles. The third kappa shape index (κ3) is 3.90. The fraction of sp³-hybridized carbons (Fsp3) is 0.0667. The maximum absolute atomic E-state index is 13.0. The molecule has 0 aliphatic rings. The first kappa shape index (κ1) is 16.4. The Bertz CT molecular complexity index is 855. The van der Waals surface area contributed by atoms with Gasteiger partial charge in [-0.1, -0.05) is 35.5 Å². The number of hydrogen-bond donors (Lipinski definition) is 1. The van der Waals surface area contributed by atoms with E-state index >= 15 is 0 Å². The summed E-state index contributed by atoms with van der Waals surface area (Å²) < 4.78 is 14.4. The predicted octanol–water partition coefficient (Wildman–Crippen LogP) is 3.19. The molecule has 0 atom stereocenters. The molecule has 0 bridgehead atoms. The van der Waals surface area contributed by atoms with Gasteiger partial charge in [0.25, 0.3) is 0 Å². The number of amides is 1. The van der Waals surface area contributed by atoms with E-state index in [9.17, 15) is 9.18 Å². The Morgan fingerprint density at radius 3 is 2.71 bits per heavy atom. The van der Waals surface area contributed by atoms with Gasteiger partial charge in [0.1, 0.15) is 5.82 Å². The van der Waals surface area contributed by atoms with Crippen LogP contribution < -0.4 is 5.32 Å². The van der Waals surface area contributed by atoms with Crippen LogP contribution in [0.1, 0.15) is 0 Å². The SMILES string of the molecule is O=C(CSc1nnnn1-c1ccc(F)cc1)Nc1ccccc1Cl. The van der Waals surface area contributed by atoms with Crippen molar-refractivity contribution in [1.29, 1.82) is 0 Å². The Kier molecular flexibility index (Phi) is 5.07. The summed E-state index contributed by atoms with van der Waals surface area (Å²) in [6, 6.07) is 12.7. The summed E-state index contributed by atoms with van der Waals surface area (Å²) in [6.45, 7) is 0. The zero-order valence-electron chi connectivity index (χ0n) is 12.2. The van der Waals surface area contributed by atoms with E-state index in [-0.39, 0.29) is 17.5 Å². The number of rotatable bonds is 5. The largest absolute Gasteiger partial charge is 0.324 e. The summed E-state index contributed by atoms with van der Waals surface area (Å²) in [5.74, 6) is -0.478. The molecule has 3 rings (SSSR count). The fourth-order valence-corrected chi connectivity index (χ4v) is 2.77.